The van der Waals surface area contributed by atoms with E-state index in [4.69, 9.17) is 0 Å². The molecule has 0 aromatic rings. The summed E-state index contributed by atoms with van der Waals surface area (Å²) < 4.78 is 0. The first kappa shape index (κ1) is 47.9. The second-order valence-electron chi connectivity index (χ2n) is 17.1. The quantitative estimate of drug-likeness (QED) is 0.0588. The lowest BCUT2D eigenvalue weighted by atomic mass is 9.89. The lowest BCUT2D eigenvalue weighted by Gasteiger charge is -2.34. The number of piperazine rings is 1. The molecule has 0 N–H and O–H groups in total. The summed E-state index contributed by atoms with van der Waals surface area (Å²) in [5.74, 6) is 1.02. The van der Waals surface area contributed by atoms with Gasteiger partial charge in [0.2, 0.25) is 0 Å². The molecule has 0 saturated carbocycles. The van der Waals surface area contributed by atoms with Crippen molar-refractivity contribution in [3.8, 4) is 0 Å². The van der Waals surface area contributed by atoms with Crippen LogP contribution in [0.3, 0.4) is 0 Å². The molecule has 0 radical (unpaired) electrons. The minimum absolute atomic E-state index is 1.02. The Balaban J connectivity index is 2.24. The van der Waals surface area contributed by atoms with Gasteiger partial charge in [0.25, 0.3) is 0 Å². The first-order valence-electron chi connectivity index (χ1n) is 23.8. The van der Waals surface area contributed by atoms with Gasteiger partial charge in [0.1, 0.15) is 0 Å². The fourth-order valence-corrected chi connectivity index (χ4v) is 8.38. The van der Waals surface area contributed by atoms with Crippen molar-refractivity contribution >= 4 is 0 Å². The van der Waals surface area contributed by atoms with Gasteiger partial charge in [-0.05, 0) is 38.9 Å². The van der Waals surface area contributed by atoms with Crippen molar-refractivity contribution in [2.24, 2.45) is 5.92 Å². The molecule has 1 aliphatic heterocycles. The van der Waals surface area contributed by atoms with Crippen LogP contribution in [0.2, 0.25) is 0 Å². The first-order valence-corrected chi connectivity index (χ1v) is 23.8. The zero-order chi connectivity index (χ0) is 36.0. The van der Waals surface area contributed by atoms with Crippen LogP contribution in [-0.2, 0) is 0 Å². The third-order valence-corrected chi connectivity index (χ3v) is 12.2. The molecule has 50 heavy (non-hydrogen) atoms. The number of hydrogen-bond donors (Lipinski definition) is 0. The van der Waals surface area contributed by atoms with Gasteiger partial charge in [-0.3, -0.25) is 4.90 Å². The van der Waals surface area contributed by atoms with E-state index in [1.807, 2.05) is 0 Å². The molecule has 0 aliphatic carbocycles. The Labute approximate surface area is 318 Å². The Morgan fingerprint density at radius 1 is 0.360 bits per heavy atom. The maximum atomic E-state index is 2.86. The normalized spacial score (nSPS) is 14.5. The highest BCUT2D eigenvalue weighted by atomic mass is 15.3. The number of unbranched alkanes of at least 4 members (excludes halogenated alkanes) is 27. The summed E-state index contributed by atoms with van der Waals surface area (Å²) in [5, 5.41) is 0. The van der Waals surface area contributed by atoms with Gasteiger partial charge in [0.15, 0.2) is 0 Å². The second kappa shape index (κ2) is 38.6. The maximum absolute atomic E-state index is 2.86. The molecule has 1 rings (SSSR count). The third kappa shape index (κ3) is 32.5. The van der Waals surface area contributed by atoms with E-state index in [0.717, 1.165) is 5.92 Å². The molecule has 3 nitrogen and oxygen atoms in total. The number of likely N-dealkylation sites (N-methyl/N-ethyl adjacent to an activating group) is 1. The molecule has 1 aliphatic rings. The van der Waals surface area contributed by atoms with Crippen LogP contribution < -0.4 is 0 Å². The molecule has 0 aromatic carbocycles. The molecule has 300 valence electrons. The second-order valence-corrected chi connectivity index (χ2v) is 17.1. The van der Waals surface area contributed by atoms with E-state index in [1.54, 1.807) is 0 Å². The van der Waals surface area contributed by atoms with Crippen LogP contribution in [0.1, 0.15) is 239 Å². The fourth-order valence-electron chi connectivity index (χ4n) is 8.38. The van der Waals surface area contributed by atoms with Crippen LogP contribution in [0.5, 0.6) is 0 Å². The van der Waals surface area contributed by atoms with Gasteiger partial charge in [-0.1, -0.05) is 226 Å². The topological polar surface area (TPSA) is 9.72 Å². The Morgan fingerprint density at radius 2 is 0.660 bits per heavy atom. The minimum atomic E-state index is 1.02. The molecular formula is C47H97N3. The predicted octanol–water partition coefficient (Wildman–Crippen LogP) is 14.5. The Bertz CT molecular complexity index is 614. The monoisotopic (exact) mass is 704 g/mol. The molecule has 1 fully saturated rings. The highest BCUT2D eigenvalue weighted by Gasteiger charge is 2.15. The van der Waals surface area contributed by atoms with Gasteiger partial charge in [0, 0.05) is 39.3 Å². The van der Waals surface area contributed by atoms with E-state index >= 15 is 0 Å². The molecule has 0 amide bonds. The van der Waals surface area contributed by atoms with E-state index in [1.165, 1.54) is 271 Å². The van der Waals surface area contributed by atoms with Gasteiger partial charge in [-0.2, -0.15) is 0 Å². The molecular weight excluding hydrogens is 607 g/mol. The molecule has 1 heterocycles. The van der Waals surface area contributed by atoms with Crippen LogP contribution in [-0.4, -0.2) is 74.1 Å². The predicted molar refractivity (Wildman–Crippen MR) is 228 cm³/mol. The third-order valence-electron chi connectivity index (χ3n) is 12.2. The summed E-state index contributed by atoms with van der Waals surface area (Å²) in [6.07, 6.45) is 49.7. The maximum Gasteiger partial charge on any atom is 0.0110 e. The van der Waals surface area contributed by atoms with Crippen molar-refractivity contribution < 1.29 is 0 Å². The van der Waals surface area contributed by atoms with Crippen molar-refractivity contribution in [3.63, 3.8) is 0 Å². The average molecular weight is 704 g/mol. The van der Waals surface area contributed by atoms with Crippen molar-refractivity contribution in [1.82, 2.24) is 14.7 Å². The number of rotatable bonds is 40. The first-order chi connectivity index (χ1) is 24.7. The highest BCUT2D eigenvalue weighted by molar-refractivity contribution is 4.71. The van der Waals surface area contributed by atoms with E-state index < -0.39 is 0 Å². The minimum Gasteiger partial charge on any atom is -0.304 e. The van der Waals surface area contributed by atoms with Crippen molar-refractivity contribution in [2.75, 3.05) is 59.4 Å². The van der Waals surface area contributed by atoms with Gasteiger partial charge in [0.05, 0.1) is 0 Å². The zero-order valence-electron chi connectivity index (χ0n) is 35.6. The Hall–Kier alpha value is -0.120. The summed E-state index contributed by atoms with van der Waals surface area (Å²) in [6.45, 7) is 17.3. The van der Waals surface area contributed by atoms with Crippen molar-refractivity contribution in [3.05, 3.63) is 0 Å². The van der Waals surface area contributed by atoms with Gasteiger partial charge in [-0.25, -0.2) is 0 Å². The van der Waals surface area contributed by atoms with E-state index in [-0.39, 0.29) is 0 Å². The van der Waals surface area contributed by atoms with Crippen LogP contribution in [0.25, 0.3) is 0 Å². The van der Waals surface area contributed by atoms with Gasteiger partial charge < -0.3 is 9.80 Å². The summed E-state index contributed by atoms with van der Waals surface area (Å²) in [5.41, 5.74) is 0. The SMILES string of the molecule is CCCCCCCCCCCCCCCCN(CCCCCCCC(CCCCCCCC)CCCCCCCC)CCN1CCN(C)CC1. The van der Waals surface area contributed by atoms with E-state index in [9.17, 15) is 0 Å². The average Bonchev–Trinajstić information content (AvgIpc) is 3.13. The summed E-state index contributed by atoms with van der Waals surface area (Å²) in [6, 6.07) is 0. The smallest absolute Gasteiger partial charge is 0.0110 e. The highest BCUT2D eigenvalue weighted by Crippen LogP contribution is 2.25. The summed E-state index contributed by atoms with van der Waals surface area (Å²) in [7, 11) is 2.28. The number of nitrogens with zero attached hydrogens (tertiary/aromatic N) is 3. The Morgan fingerprint density at radius 3 is 1.00 bits per heavy atom. The molecule has 0 atom stereocenters. The standard InChI is InChI=1S/C47H97N3/c1-5-8-11-14-17-18-19-20-21-22-23-24-29-34-39-49(45-46-50-43-41-48(4)42-44-50)40-35-30-25-28-33-38-47(36-31-26-15-12-9-6-2)37-32-27-16-13-10-7-3/h47H,5-46H2,1-4H3. The summed E-state index contributed by atoms with van der Waals surface area (Å²) in [4.78, 5) is 8.08. The van der Waals surface area contributed by atoms with Crippen LogP contribution in [0.15, 0.2) is 0 Å². The number of hydrogen-bond acceptors (Lipinski definition) is 3. The van der Waals surface area contributed by atoms with Crippen molar-refractivity contribution in [2.45, 2.75) is 239 Å². The summed E-state index contributed by atoms with van der Waals surface area (Å²) >= 11 is 0. The van der Waals surface area contributed by atoms with Gasteiger partial charge in [-0.15, -0.1) is 0 Å². The lowest BCUT2D eigenvalue weighted by molar-refractivity contribution is 0.133. The molecule has 0 spiro atoms. The van der Waals surface area contributed by atoms with E-state index in [0.29, 0.717) is 0 Å². The van der Waals surface area contributed by atoms with E-state index in [2.05, 4.69) is 42.5 Å². The van der Waals surface area contributed by atoms with Crippen LogP contribution in [0, 0.1) is 5.92 Å². The molecule has 0 unspecified atom stereocenters. The Kier molecular flexibility index (Phi) is 37.0. The largest absolute Gasteiger partial charge is 0.304 e. The van der Waals surface area contributed by atoms with Crippen LogP contribution in [0.4, 0.5) is 0 Å². The molecule has 3 heteroatoms. The van der Waals surface area contributed by atoms with Gasteiger partial charge >= 0.3 is 0 Å². The fraction of sp³-hybridized carbons (Fsp3) is 1.00. The van der Waals surface area contributed by atoms with Crippen LogP contribution >= 0.6 is 0 Å². The zero-order valence-corrected chi connectivity index (χ0v) is 35.6. The molecule has 1 saturated heterocycles. The lowest BCUT2D eigenvalue weighted by Crippen LogP contribution is -2.47. The molecule has 0 aromatic heterocycles. The van der Waals surface area contributed by atoms with Crippen molar-refractivity contribution in [1.29, 1.82) is 0 Å². The molecule has 0 bridgehead atoms.